The van der Waals surface area contributed by atoms with E-state index in [4.69, 9.17) is 5.73 Å². The van der Waals surface area contributed by atoms with Crippen molar-refractivity contribution in [1.29, 1.82) is 0 Å². The number of hydrogen-bond donors (Lipinski definition) is 1. The van der Waals surface area contributed by atoms with Crippen molar-refractivity contribution in [2.45, 2.75) is 45.1 Å². The molecule has 1 aromatic heterocycles. The Bertz CT molecular complexity index is 451. The normalized spacial score (nSPS) is 16.9. The summed E-state index contributed by atoms with van der Waals surface area (Å²) < 4.78 is 2.77. The summed E-state index contributed by atoms with van der Waals surface area (Å²) in [6.45, 7) is 2.06. The summed E-state index contributed by atoms with van der Waals surface area (Å²) in [4.78, 5) is 12.0. The number of nitrogens with two attached hydrogens (primary N) is 1. The van der Waals surface area contributed by atoms with E-state index in [1.54, 1.807) is 4.68 Å². The van der Waals surface area contributed by atoms with Crippen molar-refractivity contribution in [2.24, 2.45) is 18.7 Å². The highest BCUT2D eigenvalue weighted by atomic mass is 79.9. The third kappa shape index (κ3) is 3.01. The van der Waals surface area contributed by atoms with Gasteiger partial charge in [0.2, 0.25) is 0 Å². The monoisotopic (exact) mass is 313 g/mol. The lowest BCUT2D eigenvalue weighted by Gasteiger charge is -2.09. The summed E-state index contributed by atoms with van der Waals surface area (Å²) >= 11 is 3.53. The molecule has 1 aliphatic rings. The first-order chi connectivity index (χ1) is 8.52. The van der Waals surface area contributed by atoms with Gasteiger partial charge in [-0.2, -0.15) is 5.10 Å². The van der Waals surface area contributed by atoms with E-state index in [2.05, 4.69) is 28.0 Å². The number of carbonyl (C=O) groups excluding carboxylic acids is 1. The fraction of sp³-hybridized carbons (Fsp3) is 0.692. The number of ketones is 1. The fourth-order valence-electron chi connectivity index (χ4n) is 2.22. The molecule has 1 aromatic rings. The van der Waals surface area contributed by atoms with E-state index in [1.165, 1.54) is 12.8 Å². The zero-order chi connectivity index (χ0) is 13.3. The molecule has 0 bridgehead atoms. The molecule has 1 unspecified atom stereocenters. The highest BCUT2D eigenvalue weighted by Crippen LogP contribution is 2.33. The predicted molar refractivity (Wildman–Crippen MR) is 74.3 cm³/mol. The molecular formula is C13H20BrN3O. The SMILES string of the molecule is CCc1nn(C)c(CC(=O)CC(N)C2CC2)c1Br. The number of hydrogen-bond acceptors (Lipinski definition) is 3. The summed E-state index contributed by atoms with van der Waals surface area (Å²) in [6.07, 6.45) is 4.14. The van der Waals surface area contributed by atoms with Crippen LogP contribution >= 0.6 is 15.9 Å². The van der Waals surface area contributed by atoms with Crippen LogP contribution in [0.1, 0.15) is 37.6 Å². The molecule has 0 aromatic carbocycles. The standard InChI is InChI=1S/C13H20BrN3O/c1-3-11-13(14)12(17(2)16-11)7-9(18)6-10(15)8-4-5-8/h8,10H,3-7,15H2,1-2H3. The molecular weight excluding hydrogens is 294 g/mol. The van der Waals surface area contributed by atoms with E-state index in [0.29, 0.717) is 18.8 Å². The largest absolute Gasteiger partial charge is 0.327 e. The van der Waals surface area contributed by atoms with Gasteiger partial charge in [0, 0.05) is 25.9 Å². The van der Waals surface area contributed by atoms with Gasteiger partial charge in [0.25, 0.3) is 0 Å². The van der Waals surface area contributed by atoms with Crippen LogP contribution in [0.5, 0.6) is 0 Å². The van der Waals surface area contributed by atoms with E-state index < -0.39 is 0 Å². The molecule has 18 heavy (non-hydrogen) atoms. The van der Waals surface area contributed by atoms with Crippen molar-refractivity contribution in [3.05, 3.63) is 15.9 Å². The van der Waals surface area contributed by atoms with E-state index in [-0.39, 0.29) is 11.8 Å². The minimum atomic E-state index is 0.0511. The molecule has 2 N–H and O–H groups in total. The number of carbonyl (C=O) groups is 1. The van der Waals surface area contributed by atoms with Crippen molar-refractivity contribution in [3.63, 3.8) is 0 Å². The van der Waals surface area contributed by atoms with Gasteiger partial charge in [-0.3, -0.25) is 9.48 Å². The minimum Gasteiger partial charge on any atom is -0.327 e. The number of nitrogens with zero attached hydrogens (tertiary/aromatic N) is 2. The molecule has 100 valence electrons. The van der Waals surface area contributed by atoms with Gasteiger partial charge in [-0.15, -0.1) is 0 Å². The Morgan fingerprint density at radius 3 is 2.78 bits per heavy atom. The van der Waals surface area contributed by atoms with Crippen molar-refractivity contribution in [3.8, 4) is 0 Å². The molecule has 1 atom stereocenters. The molecule has 0 amide bonds. The highest BCUT2D eigenvalue weighted by molar-refractivity contribution is 9.10. The van der Waals surface area contributed by atoms with E-state index in [1.807, 2.05) is 7.05 Å². The molecule has 0 saturated heterocycles. The Hall–Kier alpha value is -0.680. The van der Waals surface area contributed by atoms with Gasteiger partial charge in [-0.25, -0.2) is 0 Å². The van der Waals surface area contributed by atoms with Crippen LogP contribution in [0.4, 0.5) is 0 Å². The van der Waals surface area contributed by atoms with Crippen molar-refractivity contribution in [1.82, 2.24) is 9.78 Å². The Balaban J connectivity index is 1.99. The lowest BCUT2D eigenvalue weighted by molar-refractivity contribution is -0.118. The van der Waals surface area contributed by atoms with Crippen LogP contribution in [0, 0.1) is 5.92 Å². The molecule has 0 radical (unpaired) electrons. The second-order valence-electron chi connectivity index (χ2n) is 5.11. The highest BCUT2D eigenvalue weighted by Gasteiger charge is 2.30. The number of halogens is 1. The van der Waals surface area contributed by atoms with Crippen molar-refractivity contribution >= 4 is 21.7 Å². The average molecular weight is 314 g/mol. The predicted octanol–water partition coefficient (Wildman–Crippen LogP) is 1.98. The maximum Gasteiger partial charge on any atom is 0.140 e. The van der Waals surface area contributed by atoms with E-state index >= 15 is 0 Å². The van der Waals surface area contributed by atoms with Crippen molar-refractivity contribution in [2.75, 3.05) is 0 Å². The topological polar surface area (TPSA) is 60.9 Å². The number of aromatic nitrogens is 2. The lowest BCUT2D eigenvalue weighted by Crippen LogP contribution is -2.27. The number of rotatable bonds is 6. The van der Waals surface area contributed by atoms with Crippen LogP contribution in [0.2, 0.25) is 0 Å². The van der Waals surface area contributed by atoms with Crippen LogP contribution in [-0.2, 0) is 24.7 Å². The minimum absolute atomic E-state index is 0.0511. The zero-order valence-electron chi connectivity index (χ0n) is 10.9. The van der Waals surface area contributed by atoms with Crippen LogP contribution in [0.3, 0.4) is 0 Å². The van der Waals surface area contributed by atoms with Gasteiger partial charge >= 0.3 is 0 Å². The zero-order valence-corrected chi connectivity index (χ0v) is 12.5. The Kier molecular flexibility index (Phi) is 4.22. The smallest absolute Gasteiger partial charge is 0.140 e. The maximum atomic E-state index is 12.0. The summed E-state index contributed by atoms with van der Waals surface area (Å²) in [6, 6.07) is 0.0511. The van der Waals surface area contributed by atoms with Crippen LogP contribution in [0.15, 0.2) is 4.47 Å². The summed E-state index contributed by atoms with van der Waals surface area (Å²) in [7, 11) is 1.88. The maximum absolute atomic E-state index is 12.0. The van der Waals surface area contributed by atoms with Gasteiger partial charge in [0.15, 0.2) is 0 Å². The van der Waals surface area contributed by atoms with Gasteiger partial charge in [-0.05, 0) is 41.1 Å². The van der Waals surface area contributed by atoms with E-state index in [0.717, 1.165) is 22.3 Å². The first-order valence-corrected chi connectivity index (χ1v) is 7.29. The quantitative estimate of drug-likeness (QED) is 0.873. The van der Waals surface area contributed by atoms with Crippen LogP contribution in [0.25, 0.3) is 0 Å². The first kappa shape index (κ1) is 13.7. The van der Waals surface area contributed by atoms with Crippen LogP contribution < -0.4 is 5.73 Å². The molecule has 4 nitrogen and oxygen atoms in total. The van der Waals surface area contributed by atoms with Gasteiger partial charge in [-0.1, -0.05) is 6.92 Å². The second kappa shape index (κ2) is 5.53. The molecule has 1 heterocycles. The summed E-state index contributed by atoms with van der Waals surface area (Å²) in [5.74, 6) is 0.788. The molecule has 0 aliphatic heterocycles. The average Bonchev–Trinajstić information content (AvgIpc) is 3.12. The third-order valence-corrected chi connectivity index (χ3v) is 4.47. The Morgan fingerprint density at radius 1 is 1.61 bits per heavy atom. The Morgan fingerprint density at radius 2 is 2.28 bits per heavy atom. The molecule has 0 spiro atoms. The molecule has 1 fully saturated rings. The van der Waals surface area contributed by atoms with Crippen LogP contribution in [-0.4, -0.2) is 21.6 Å². The van der Waals surface area contributed by atoms with Gasteiger partial charge in [0.1, 0.15) is 5.78 Å². The number of aryl methyl sites for hydroxylation is 2. The molecule has 2 rings (SSSR count). The fourth-order valence-corrected chi connectivity index (χ4v) is 2.98. The lowest BCUT2D eigenvalue weighted by atomic mass is 10.0. The third-order valence-electron chi connectivity index (χ3n) is 3.56. The van der Waals surface area contributed by atoms with Gasteiger partial charge in [0.05, 0.1) is 15.9 Å². The molecule has 5 heteroatoms. The summed E-state index contributed by atoms with van der Waals surface area (Å²) in [5, 5.41) is 4.39. The summed E-state index contributed by atoms with van der Waals surface area (Å²) in [5.41, 5.74) is 7.95. The second-order valence-corrected chi connectivity index (χ2v) is 5.90. The van der Waals surface area contributed by atoms with E-state index in [9.17, 15) is 4.79 Å². The Labute approximate surface area is 116 Å². The van der Waals surface area contributed by atoms with Gasteiger partial charge < -0.3 is 5.73 Å². The molecule has 1 aliphatic carbocycles. The number of Topliss-reactive ketones (excluding diaryl/α,β-unsaturated/α-hetero) is 1. The first-order valence-electron chi connectivity index (χ1n) is 6.50. The van der Waals surface area contributed by atoms with Crippen molar-refractivity contribution < 1.29 is 4.79 Å². The molecule has 1 saturated carbocycles.